The third kappa shape index (κ3) is 3.68. The van der Waals surface area contributed by atoms with E-state index in [4.69, 9.17) is 9.47 Å². The Balaban J connectivity index is 2.09. The summed E-state index contributed by atoms with van der Waals surface area (Å²) in [6, 6.07) is 15.0. The first-order valence-corrected chi connectivity index (χ1v) is 6.62. The van der Waals surface area contributed by atoms with Crippen molar-refractivity contribution in [2.45, 2.75) is 20.0 Å². The number of hydrogen-bond donors (Lipinski definition) is 0. The molecule has 0 saturated carbocycles. The number of rotatable bonds is 6. The Hall–Kier alpha value is -2.13. The van der Waals surface area contributed by atoms with Crippen molar-refractivity contribution in [1.82, 2.24) is 0 Å². The van der Waals surface area contributed by atoms with E-state index in [0.717, 1.165) is 11.3 Å². The molecule has 2 rings (SSSR count). The molecule has 2 aromatic carbocycles. The zero-order valence-electron chi connectivity index (χ0n) is 11.8. The van der Waals surface area contributed by atoms with Crippen molar-refractivity contribution >= 4 is 5.78 Å². The summed E-state index contributed by atoms with van der Waals surface area (Å²) >= 11 is 0. The first-order valence-electron chi connectivity index (χ1n) is 6.62. The molecule has 0 unspecified atom stereocenters. The van der Waals surface area contributed by atoms with E-state index in [1.54, 1.807) is 19.2 Å². The Morgan fingerprint density at radius 1 is 1.05 bits per heavy atom. The first-order chi connectivity index (χ1) is 9.72. The molecule has 3 nitrogen and oxygen atoms in total. The standard InChI is InChI=1S/C17H18O3/c1-3-17(18)14-7-9-15(10-8-14)20-16-6-4-5-13(11-16)12-19-2/h4-11H,3,12H2,1-2H3. The van der Waals surface area contributed by atoms with E-state index in [1.807, 2.05) is 43.3 Å². The minimum atomic E-state index is 0.138. The van der Waals surface area contributed by atoms with Gasteiger partial charge in [0, 0.05) is 19.1 Å². The largest absolute Gasteiger partial charge is 0.457 e. The minimum absolute atomic E-state index is 0.138. The zero-order valence-corrected chi connectivity index (χ0v) is 11.8. The van der Waals surface area contributed by atoms with E-state index >= 15 is 0 Å². The van der Waals surface area contributed by atoms with Gasteiger partial charge in [0.25, 0.3) is 0 Å². The molecule has 0 aliphatic heterocycles. The Kier molecular flexibility index (Phi) is 4.91. The summed E-state index contributed by atoms with van der Waals surface area (Å²) in [7, 11) is 1.66. The second-order valence-electron chi connectivity index (χ2n) is 4.48. The van der Waals surface area contributed by atoms with Crippen molar-refractivity contribution in [2.75, 3.05) is 7.11 Å². The van der Waals surface area contributed by atoms with Crippen LogP contribution in [0.25, 0.3) is 0 Å². The lowest BCUT2D eigenvalue weighted by molar-refractivity contribution is 0.0988. The van der Waals surface area contributed by atoms with Gasteiger partial charge in [0.15, 0.2) is 5.78 Å². The molecule has 0 fully saturated rings. The summed E-state index contributed by atoms with van der Waals surface area (Å²) in [6.45, 7) is 2.41. The fraction of sp³-hybridized carbons (Fsp3) is 0.235. The molecule has 0 saturated heterocycles. The molecule has 0 amide bonds. The predicted molar refractivity (Wildman–Crippen MR) is 78.3 cm³/mol. The van der Waals surface area contributed by atoms with Crippen LogP contribution < -0.4 is 4.74 Å². The highest BCUT2D eigenvalue weighted by Gasteiger charge is 2.04. The second kappa shape index (κ2) is 6.87. The van der Waals surface area contributed by atoms with Crippen LogP contribution in [0, 0.1) is 0 Å². The van der Waals surface area contributed by atoms with Gasteiger partial charge in [0.05, 0.1) is 6.61 Å². The number of ether oxygens (including phenoxy) is 2. The molecule has 0 aliphatic carbocycles. The van der Waals surface area contributed by atoms with Gasteiger partial charge in [-0.05, 0) is 42.0 Å². The molecule has 0 aliphatic rings. The number of benzene rings is 2. The molecule has 0 bridgehead atoms. The highest BCUT2D eigenvalue weighted by atomic mass is 16.5. The average Bonchev–Trinajstić information content (AvgIpc) is 2.48. The molecule has 0 atom stereocenters. The molecule has 0 radical (unpaired) electrons. The summed E-state index contributed by atoms with van der Waals surface area (Å²) < 4.78 is 10.9. The lowest BCUT2D eigenvalue weighted by Crippen LogP contribution is -1.95. The van der Waals surface area contributed by atoms with Gasteiger partial charge in [-0.15, -0.1) is 0 Å². The third-order valence-electron chi connectivity index (χ3n) is 2.94. The molecule has 20 heavy (non-hydrogen) atoms. The summed E-state index contributed by atoms with van der Waals surface area (Å²) in [5, 5.41) is 0. The van der Waals surface area contributed by atoms with E-state index in [0.29, 0.717) is 24.3 Å². The number of hydrogen-bond acceptors (Lipinski definition) is 3. The lowest BCUT2D eigenvalue weighted by atomic mass is 10.1. The third-order valence-corrected chi connectivity index (χ3v) is 2.94. The van der Waals surface area contributed by atoms with Gasteiger partial charge in [-0.3, -0.25) is 4.79 Å². The molecule has 0 heterocycles. The predicted octanol–water partition coefficient (Wildman–Crippen LogP) is 4.22. The van der Waals surface area contributed by atoms with Crippen molar-refractivity contribution in [3.63, 3.8) is 0 Å². The maximum atomic E-state index is 11.5. The highest BCUT2D eigenvalue weighted by Crippen LogP contribution is 2.23. The summed E-state index contributed by atoms with van der Waals surface area (Å²) in [5.74, 6) is 1.61. The van der Waals surface area contributed by atoms with E-state index in [1.165, 1.54) is 0 Å². The number of ketones is 1. The van der Waals surface area contributed by atoms with Crippen LogP contribution in [0.15, 0.2) is 48.5 Å². The fourth-order valence-corrected chi connectivity index (χ4v) is 1.91. The van der Waals surface area contributed by atoms with Crippen molar-refractivity contribution in [3.05, 3.63) is 59.7 Å². The van der Waals surface area contributed by atoms with Crippen LogP contribution in [0.4, 0.5) is 0 Å². The zero-order chi connectivity index (χ0) is 14.4. The van der Waals surface area contributed by atoms with Crippen molar-refractivity contribution in [1.29, 1.82) is 0 Å². The molecule has 0 spiro atoms. The smallest absolute Gasteiger partial charge is 0.162 e. The SMILES string of the molecule is CCC(=O)c1ccc(Oc2cccc(COC)c2)cc1. The summed E-state index contributed by atoms with van der Waals surface area (Å²) in [4.78, 5) is 11.5. The monoisotopic (exact) mass is 270 g/mol. The maximum Gasteiger partial charge on any atom is 0.162 e. The molecule has 0 aromatic heterocycles. The van der Waals surface area contributed by atoms with Crippen molar-refractivity contribution in [2.24, 2.45) is 0 Å². The van der Waals surface area contributed by atoms with Crippen molar-refractivity contribution < 1.29 is 14.3 Å². The van der Waals surface area contributed by atoms with E-state index in [-0.39, 0.29) is 5.78 Å². The van der Waals surface area contributed by atoms with Crippen LogP contribution in [0.1, 0.15) is 29.3 Å². The number of carbonyl (C=O) groups is 1. The van der Waals surface area contributed by atoms with Crippen LogP contribution in [-0.4, -0.2) is 12.9 Å². The number of carbonyl (C=O) groups excluding carboxylic acids is 1. The fourth-order valence-electron chi connectivity index (χ4n) is 1.91. The minimum Gasteiger partial charge on any atom is -0.457 e. The van der Waals surface area contributed by atoms with E-state index in [2.05, 4.69) is 0 Å². The van der Waals surface area contributed by atoms with Gasteiger partial charge in [0.2, 0.25) is 0 Å². The van der Waals surface area contributed by atoms with Crippen LogP contribution in [-0.2, 0) is 11.3 Å². The van der Waals surface area contributed by atoms with Gasteiger partial charge in [0.1, 0.15) is 11.5 Å². The Labute approximate surface area is 119 Å². The van der Waals surface area contributed by atoms with Crippen LogP contribution in [0.2, 0.25) is 0 Å². The maximum absolute atomic E-state index is 11.5. The number of methoxy groups -OCH3 is 1. The topological polar surface area (TPSA) is 35.5 Å². The molecule has 0 N–H and O–H groups in total. The summed E-state index contributed by atoms with van der Waals surface area (Å²) in [6.07, 6.45) is 0.513. The van der Waals surface area contributed by atoms with Gasteiger partial charge in [-0.2, -0.15) is 0 Å². The van der Waals surface area contributed by atoms with Crippen LogP contribution in [0.5, 0.6) is 11.5 Å². The van der Waals surface area contributed by atoms with Crippen molar-refractivity contribution in [3.8, 4) is 11.5 Å². The Morgan fingerprint density at radius 2 is 1.80 bits per heavy atom. The van der Waals surface area contributed by atoms with E-state index in [9.17, 15) is 4.79 Å². The highest BCUT2D eigenvalue weighted by molar-refractivity contribution is 5.95. The molecule has 3 heteroatoms. The normalized spacial score (nSPS) is 10.3. The number of Topliss-reactive ketones (excluding diaryl/α,β-unsaturated/α-hetero) is 1. The van der Waals surface area contributed by atoms with Gasteiger partial charge < -0.3 is 9.47 Å². The first kappa shape index (κ1) is 14.3. The molecule has 104 valence electrons. The van der Waals surface area contributed by atoms with Gasteiger partial charge in [-0.25, -0.2) is 0 Å². The molecular weight excluding hydrogens is 252 g/mol. The Morgan fingerprint density at radius 3 is 2.45 bits per heavy atom. The van der Waals surface area contributed by atoms with Gasteiger partial charge in [-0.1, -0.05) is 19.1 Å². The van der Waals surface area contributed by atoms with Crippen LogP contribution >= 0.6 is 0 Å². The second-order valence-corrected chi connectivity index (χ2v) is 4.48. The van der Waals surface area contributed by atoms with E-state index < -0.39 is 0 Å². The summed E-state index contributed by atoms with van der Waals surface area (Å²) in [5.41, 5.74) is 1.77. The quantitative estimate of drug-likeness (QED) is 0.737. The Bertz CT molecular complexity index is 573. The average molecular weight is 270 g/mol. The lowest BCUT2D eigenvalue weighted by Gasteiger charge is -2.08. The van der Waals surface area contributed by atoms with Gasteiger partial charge >= 0.3 is 0 Å². The molecule has 2 aromatic rings. The van der Waals surface area contributed by atoms with Crippen LogP contribution in [0.3, 0.4) is 0 Å². The molecular formula is C17H18O3.